The van der Waals surface area contributed by atoms with Gasteiger partial charge in [-0.25, -0.2) is 14.3 Å². The van der Waals surface area contributed by atoms with Crippen molar-refractivity contribution in [1.82, 2.24) is 20.4 Å². The number of fused-ring (bicyclic) bond motifs is 1. The Morgan fingerprint density at radius 2 is 1.97 bits per heavy atom. The number of alkyl halides is 3. The predicted octanol–water partition coefficient (Wildman–Crippen LogP) is 3.03. The van der Waals surface area contributed by atoms with Gasteiger partial charge in [0, 0.05) is 12.4 Å². The van der Waals surface area contributed by atoms with Gasteiger partial charge in [-0.15, -0.1) is 11.3 Å². The standard InChI is InChI=1S/C18H15F3N4O4S/c1-9-12-7-13(16(27)29-8-14(26)23-17(28)22-2)30-15(12)25(24-9)11-5-3-4-10(6-11)18(19,20)21/h3-7H,8H2,1-2H3,(H2,22,23,26,28). The monoisotopic (exact) mass is 440 g/mol. The first-order valence-corrected chi connectivity index (χ1v) is 9.27. The highest BCUT2D eigenvalue weighted by Gasteiger charge is 2.31. The summed E-state index contributed by atoms with van der Waals surface area (Å²) in [5.74, 6) is -1.62. The highest BCUT2D eigenvalue weighted by atomic mass is 32.1. The second-order valence-corrected chi connectivity index (χ2v) is 7.11. The van der Waals surface area contributed by atoms with E-state index < -0.39 is 36.3 Å². The number of thiophene rings is 1. The number of aryl methyl sites for hydroxylation is 1. The Balaban J connectivity index is 1.85. The van der Waals surface area contributed by atoms with E-state index in [-0.39, 0.29) is 10.6 Å². The number of amides is 3. The Bertz CT molecular complexity index is 1140. The van der Waals surface area contributed by atoms with Crippen LogP contribution in [0.4, 0.5) is 18.0 Å². The average Bonchev–Trinajstić information content (AvgIpc) is 3.26. The van der Waals surface area contributed by atoms with Gasteiger partial charge in [-0.05, 0) is 31.2 Å². The van der Waals surface area contributed by atoms with Gasteiger partial charge in [-0.3, -0.25) is 10.1 Å². The van der Waals surface area contributed by atoms with E-state index in [1.165, 1.54) is 29.9 Å². The number of hydrogen-bond acceptors (Lipinski definition) is 6. The molecule has 2 aromatic heterocycles. The lowest BCUT2D eigenvalue weighted by atomic mass is 10.2. The number of nitrogens with zero attached hydrogens (tertiary/aromatic N) is 2. The number of hydrogen-bond donors (Lipinski definition) is 2. The Kier molecular flexibility index (Phi) is 5.78. The van der Waals surface area contributed by atoms with E-state index in [1.807, 2.05) is 5.32 Å². The lowest BCUT2D eigenvalue weighted by Gasteiger charge is -2.09. The second kappa shape index (κ2) is 8.14. The molecule has 12 heteroatoms. The SMILES string of the molecule is CNC(=O)NC(=O)COC(=O)c1cc2c(C)nn(-c3cccc(C(F)(F)F)c3)c2s1. The zero-order chi connectivity index (χ0) is 22.1. The fraction of sp³-hybridized carbons (Fsp3) is 0.222. The van der Waals surface area contributed by atoms with Crippen molar-refractivity contribution in [3.63, 3.8) is 0 Å². The van der Waals surface area contributed by atoms with Gasteiger partial charge in [-0.1, -0.05) is 6.07 Å². The number of halogens is 3. The van der Waals surface area contributed by atoms with Crippen LogP contribution >= 0.6 is 11.3 Å². The van der Waals surface area contributed by atoms with Crippen LogP contribution in [-0.4, -0.2) is 41.3 Å². The summed E-state index contributed by atoms with van der Waals surface area (Å²) in [7, 11) is 1.32. The number of aromatic nitrogens is 2. The molecule has 0 aliphatic rings. The topological polar surface area (TPSA) is 102 Å². The van der Waals surface area contributed by atoms with Crippen LogP contribution in [0.3, 0.4) is 0 Å². The Morgan fingerprint density at radius 3 is 2.63 bits per heavy atom. The number of nitrogens with one attached hydrogen (secondary N) is 2. The van der Waals surface area contributed by atoms with Crippen LogP contribution in [0.1, 0.15) is 20.9 Å². The molecule has 0 spiro atoms. The minimum atomic E-state index is -4.50. The van der Waals surface area contributed by atoms with Gasteiger partial charge < -0.3 is 10.1 Å². The van der Waals surface area contributed by atoms with Crippen molar-refractivity contribution in [1.29, 1.82) is 0 Å². The number of urea groups is 1. The summed E-state index contributed by atoms with van der Waals surface area (Å²) in [6, 6.07) is 5.42. The van der Waals surface area contributed by atoms with Crippen LogP contribution in [0.5, 0.6) is 0 Å². The van der Waals surface area contributed by atoms with E-state index in [9.17, 15) is 27.6 Å². The Hall–Kier alpha value is -3.41. The quantitative estimate of drug-likeness (QED) is 0.608. The first-order valence-electron chi connectivity index (χ1n) is 8.45. The summed E-state index contributed by atoms with van der Waals surface area (Å²) in [6.07, 6.45) is -4.50. The van der Waals surface area contributed by atoms with Crippen molar-refractivity contribution in [2.45, 2.75) is 13.1 Å². The molecule has 158 valence electrons. The summed E-state index contributed by atoms with van der Waals surface area (Å²) in [5.41, 5.74) is -0.121. The molecule has 0 unspecified atom stereocenters. The summed E-state index contributed by atoms with van der Waals surface area (Å²) < 4.78 is 45.3. The molecule has 0 aliphatic heterocycles. The number of ether oxygens (including phenoxy) is 1. The maximum absolute atomic E-state index is 13.0. The van der Waals surface area contributed by atoms with Gasteiger partial charge in [-0.2, -0.15) is 18.3 Å². The maximum atomic E-state index is 13.0. The van der Waals surface area contributed by atoms with E-state index in [0.29, 0.717) is 15.9 Å². The zero-order valence-corrected chi connectivity index (χ0v) is 16.5. The average molecular weight is 440 g/mol. The molecule has 0 fully saturated rings. The van der Waals surface area contributed by atoms with Gasteiger partial charge in [0.1, 0.15) is 9.71 Å². The van der Waals surface area contributed by atoms with E-state index >= 15 is 0 Å². The number of carbonyl (C=O) groups excluding carboxylic acids is 3. The van der Waals surface area contributed by atoms with Crippen LogP contribution in [0.15, 0.2) is 30.3 Å². The van der Waals surface area contributed by atoms with Crippen LogP contribution in [0, 0.1) is 6.92 Å². The van der Waals surface area contributed by atoms with Crippen LogP contribution in [0.2, 0.25) is 0 Å². The minimum Gasteiger partial charge on any atom is -0.451 e. The lowest BCUT2D eigenvalue weighted by molar-refractivity contribution is -0.137. The number of imide groups is 1. The normalized spacial score (nSPS) is 11.4. The fourth-order valence-electron chi connectivity index (χ4n) is 2.56. The largest absolute Gasteiger partial charge is 0.451 e. The third kappa shape index (κ3) is 4.43. The van der Waals surface area contributed by atoms with Crippen molar-refractivity contribution in [3.8, 4) is 5.69 Å². The van der Waals surface area contributed by atoms with Gasteiger partial charge in [0.25, 0.3) is 5.91 Å². The molecule has 0 aliphatic carbocycles. The van der Waals surface area contributed by atoms with E-state index in [2.05, 4.69) is 10.4 Å². The third-order valence-electron chi connectivity index (χ3n) is 3.98. The molecule has 3 aromatic rings. The van der Waals surface area contributed by atoms with Crippen LogP contribution < -0.4 is 10.6 Å². The summed E-state index contributed by atoms with van der Waals surface area (Å²) in [5, 5.41) is 8.96. The van der Waals surface area contributed by atoms with E-state index in [0.717, 1.165) is 23.5 Å². The smallest absolute Gasteiger partial charge is 0.416 e. The molecular formula is C18H15F3N4O4S. The molecule has 3 rings (SSSR count). The highest BCUT2D eigenvalue weighted by Crippen LogP contribution is 2.33. The van der Waals surface area contributed by atoms with Crippen LogP contribution in [0.25, 0.3) is 15.9 Å². The van der Waals surface area contributed by atoms with E-state index in [1.54, 1.807) is 6.92 Å². The number of rotatable bonds is 4. The summed E-state index contributed by atoms with van der Waals surface area (Å²) in [6.45, 7) is 0.990. The Morgan fingerprint density at radius 1 is 1.23 bits per heavy atom. The van der Waals surface area contributed by atoms with E-state index in [4.69, 9.17) is 4.74 Å². The van der Waals surface area contributed by atoms with Crippen molar-refractivity contribution < 1.29 is 32.3 Å². The van der Waals surface area contributed by atoms with Crippen molar-refractivity contribution >= 4 is 39.5 Å². The Labute approximate surface area is 171 Å². The molecule has 3 amide bonds. The molecule has 0 bridgehead atoms. The third-order valence-corrected chi connectivity index (χ3v) is 5.07. The molecule has 2 heterocycles. The molecule has 30 heavy (non-hydrogen) atoms. The first-order chi connectivity index (χ1) is 14.1. The molecule has 1 aromatic carbocycles. The van der Waals surface area contributed by atoms with Gasteiger partial charge in [0.15, 0.2) is 6.61 Å². The fourth-order valence-corrected chi connectivity index (χ4v) is 3.64. The minimum absolute atomic E-state index is 0.138. The van der Waals surface area contributed by atoms with Crippen LogP contribution in [-0.2, 0) is 15.7 Å². The van der Waals surface area contributed by atoms with Gasteiger partial charge in [0.05, 0.1) is 16.9 Å². The first kappa shape index (κ1) is 21.3. The summed E-state index contributed by atoms with van der Waals surface area (Å²) in [4.78, 5) is 35.4. The van der Waals surface area contributed by atoms with Crippen molar-refractivity contribution in [2.75, 3.05) is 13.7 Å². The molecule has 0 saturated carbocycles. The van der Waals surface area contributed by atoms with Crippen molar-refractivity contribution in [2.24, 2.45) is 0 Å². The predicted molar refractivity (Wildman–Crippen MR) is 102 cm³/mol. The lowest BCUT2D eigenvalue weighted by Crippen LogP contribution is -2.39. The number of benzene rings is 1. The maximum Gasteiger partial charge on any atom is 0.416 e. The van der Waals surface area contributed by atoms with Gasteiger partial charge in [0.2, 0.25) is 0 Å². The molecule has 0 radical (unpaired) electrons. The van der Waals surface area contributed by atoms with Gasteiger partial charge >= 0.3 is 18.2 Å². The molecular weight excluding hydrogens is 425 g/mol. The van der Waals surface area contributed by atoms with Crippen molar-refractivity contribution in [3.05, 3.63) is 46.5 Å². The number of carbonyl (C=O) groups is 3. The molecule has 8 nitrogen and oxygen atoms in total. The summed E-state index contributed by atoms with van der Waals surface area (Å²) >= 11 is 0.965. The highest BCUT2D eigenvalue weighted by molar-refractivity contribution is 7.20. The second-order valence-electron chi connectivity index (χ2n) is 6.08. The molecule has 2 N–H and O–H groups in total. The molecule has 0 atom stereocenters. The zero-order valence-electron chi connectivity index (χ0n) is 15.7. The molecule has 0 saturated heterocycles. The number of esters is 1.